The molecule has 0 aromatic heterocycles. The minimum absolute atomic E-state index is 0.105. The van der Waals surface area contributed by atoms with Crippen molar-refractivity contribution in [2.24, 2.45) is 4.99 Å². The van der Waals surface area contributed by atoms with Crippen LogP contribution in [0.15, 0.2) is 77.8 Å². The monoisotopic (exact) mass is 477 g/mol. The quantitative estimate of drug-likeness (QED) is 0.481. The Hall–Kier alpha value is -3.09. The van der Waals surface area contributed by atoms with Gasteiger partial charge in [-0.1, -0.05) is 71.4 Å². The van der Waals surface area contributed by atoms with E-state index in [0.717, 1.165) is 22.4 Å². The molecule has 4 rings (SSSR count). The summed E-state index contributed by atoms with van der Waals surface area (Å²) >= 11 is 7.31. The number of carbonyl (C=O) groups is 2. The molecule has 3 aromatic rings. The highest BCUT2D eigenvalue weighted by Gasteiger charge is 2.36. The minimum atomic E-state index is -0.573. The molecule has 33 heavy (non-hydrogen) atoms. The first-order valence-electron chi connectivity index (χ1n) is 10.6. The van der Waals surface area contributed by atoms with Crippen LogP contribution in [0.3, 0.4) is 0 Å². The van der Waals surface area contributed by atoms with Gasteiger partial charge < -0.3 is 5.32 Å². The standard InChI is InChI=1S/C26H24ClN3O2S/c1-17-8-13-22(18(2)14-17)29-25(32)23-15-24(31)30(16-19-6-4-3-5-7-19)26(33-23)28-21-11-9-20(27)10-12-21/h3-14,23H,15-16H2,1-2H3,(H,29,32). The Balaban J connectivity index is 1.60. The first-order chi connectivity index (χ1) is 15.9. The van der Waals surface area contributed by atoms with Crippen LogP contribution in [0.25, 0.3) is 0 Å². The van der Waals surface area contributed by atoms with Crippen LogP contribution in [-0.2, 0) is 16.1 Å². The van der Waals surface area contributed by atoms with E-state index in [2.05, 4.69) is 5.32 Å². The summed E-state index contributed by atoms with van der Waals surface area (Å²) in [6, 6.07) is 22.7. The summed E-state index contributed by atoms with van der Waals surface area (Å²) in [5.74, 6) is -0.338. The van der Waals surface area contributed by atoms with Crippen LogP contribution in [0.1, 0.15) is 23.1 Å². The molecule has 1 atom stereocenters. The number of hydrogen-bond acceptors (Lipinski definition) is 4. The minimum Gasteiger partial charge on any atom is -0.325 e. The Kier molecular flexibility index (Phi) is 7.16. The van der Waals surface area contributed by atoms with Crippen LogP contribution in [0.4, 0.5) is 11.4 Å². The Morgan fingerprint density at radius 3 is 2.52 bits per heavy atom. The molecule has 3 aromatic carbocycles. The second kappa shape index (κ2) is 10.2. The van der Waals surface area contributed by atoms with Crippen molar-refractivity contribution in [3.8, 4) is 0 Å². The number of aliphatic imine (C=N–C) groups is 1. The van der Waals surface area contributed by atoms with E-state index in [1.54, 1.807) is 29.2 Å². The molecule has 7 heteroatoms. The molecule has 2 amide bonds. The van der Waals surface area contributed by atoms with Crippen molar-refractivity contribution in [2.75, 3.05) is 5.32 Å². The van der Waals surface area contributed by atoms with Gasteiger partial charge >= 0.3 is 0 Å². The number of amides is 2. The van der Waals surface area contributed by atoms with Crippen molar-refractivity contribution >= 4 is 51.7 Å². The maximum absolute atomic E-state index is 13.2. The number of nitrogens with zero attached hydrogens (tertiary/aromatic N) is 2. The average molecular weight is 478 g/mol. The normalized spacial score (nSPS) is 17.3. The van der Waals surface area contributed by atoms with Gasteiger partial charge in [0.15, 0.2) is 5.17 Å². The Bertz CT molecular complexity index is 1200. The number of carbonyl (C=O) groups excluding carboxylic acids is 2. The fourth-order valence-corrected chi connectivity index (χ4v) is 4.78. The molecule has 0 bridgehead atoms. The molecule has 1 unspecified atom stereocenters. The SMILES string of the molecule is Cc1ccc(NC(=O)C2CC(=O)N(Cc3ccccc3)C(=Nc3ccc(Cl)cc3)S2)c(C)c1. The van der Waals surface area contributed by atoms with E-state index in [1.807, 2.05) is 62.4 Å². The largest absolute Gasteiger partial charge is 0.325 e. The fourth-order valence-electron chi connectivity index (χ4n) is 3.56. The predicted molar refractivity (Wildman–Crippen MR) is 136 cm³/mol. The number of amidine groups is 1. The molecule has 1 aliphatic rings. The molecule has 0 radical (unpaired) electrons. The predicted octanol–water partition coefficient (Wildman–Crippen LogP) is 6.12. The summed E-state index contributed by atoms with van der Waals surface area (Å²) in [7, 11) is 0. The van der Waals surface area contributed by atoms with Crippen LogP contribution < -0.4 is 5.32 Å². The van der Waals surface area contributed by atoms with Gasteiger partial charge in [-0.2, -0.15) is 0 Å². The summed E-state index contributed by atoms with van der Waals surface area (Å²) in [6.45, 7) is 4.36. The zero-order valence-corrected chi connectivity index (χ0v) is 20.0. The van der Waals surface area contributed by atoms with Crippen LogP contribution in [0, 0.1) is 13.8 Å². The molecule has 0 saturated carbocycles. The molecule has 168 valence electrons. The number of hydrogen-bond donors (Lipinski definition) is 1. The van der Waals surface area contributed by atoms with Crippen molar-refractivity contribution in [1.29, 1.82) is 0 Å². The van der Waals surface area contributed by atoms with E-state index < -0.39 is 5.25 Å². The molecule has 1 N–H and O–H groups in total. The van der Waals surface area contributed by atoms with Gasteiger partial charge in [0.1, 0.15) is 5.25 Å². The highest BCUT2D eigenvalue weighted by Crippen LogP contribution is 2.31. The van der Waals surface area contributed by atoms with E-state index in [1.165, 1.54) is 11.8 Å². The van der Waals surface area contributed by atoms with Gasteiger partial charge in [0.05, 0.1) is 12.2 Å². The van der Waals surface area contributed by atoms with Gasteiger partial charge in [-0.25, -0.2) is 4.99 Å². The van der Waals surface area contributed by atoms with Crippen molar-refractivity contribution in [3.63, 3.8) is 0 Å². The molecule has 0 aliphatic carbocycles. The number of thioether (sulfide) groups is 1. The lowest BCUT2D eigenvalue weighted by Gasteiger charge is -2.32. The number of nitrogens with one attached hydrogen (secondary N) is 1. The third-order valence-corrected chi connectivity index (χ3v) is 6.75. The van der Waals surface area contributed by atoms with Gasteiger partial charge in [-0.15, -0.1) is 0 Å². The molecule has 1 fully saturated rings. The number of halogens is 1. The highest BCUT2D eigenvalue weighted by atomic mass is 35.5. The number of benzene rings is 3. The van der Waals surface area contributed by atoms with Crippen LogP contribution in [0.5, 0.6) is 0 Å². The van der Waals surface area contributed by atoms with Crippen molar-refractivity contribution in [1.82, 2.24) is 4.90 Å². The fraction of sp³-hybridized carbons (Fsp3) is 0.192. The third-order valence-electron chi connectivity index (χ3n) is 5.31. The number of rotatable bonds is 5. The lowest BCUT2D eigenvalue weighted by molar-refractivity contribution is -0.129. The van der Waals surface area contributed by atoms with Gasteiger partial charge in [0.25, 0.3) is 0 Å². The summed E-state index contributed by atoms with van der Waals surface area (Å²) in [5, 5.41) is 3.52. The zero-order chi connectivity index (χ0) is 23.4. The van der Waals surface area contributed by atoms with Gasteiger partial charge in [-0.05, 0) is 55.3 Å². The lowest BCUT2D eigenvalue weighted by Crippen LogP contribution is -2.44. The van der Waals surface area contributed by atoms with Gasteiger partial charge in [0.2, 0.25) is 11.8 Å². The number of anilines is 1. The summed E-state index contributed by atoms with van der Waals surface area (Å²) in [6.07, 6.45) is 0.105. The Labute approximate surface area is 202 Å². The molecule has 0 spiro atoms. The van der Waals surface area contributed by atoms with Gasteiger partial charge in [0, 0.05) is 17.1 Å². The molecular formula is C26H24ClN3O2S. The summed E-state index contributed by atoms with van der Waals surface area (Å²) in [5.41, 5.74) is 4.52. The van der Waals surface area contributed by atoms with E-state index in [-0.39, 0.29) is 18.2 Å². The molecule has 5 nitrogen and oxygen atoms in total. The van der Waals surface area contributed by atoms with Crippen molar-refractivity contribution in [2.45, 2.75) is 32.1 Å². The van der Waals surface area contributed by atoms with Gasteiger partial charge in [-0.3, -0.25) is 14.5 Å². The van der Waals surface area contributed by atoms with E-state index >= 15 is 0 Å². The van der Waals surface area contributed by atoms with Crippen molar-refractivity contribution in [3.05, 3.63) is 94.5 Å². The van der Waals surface area contributed by atoms with Crippen LogP contribution in [0.2, 0.25) is 5.02 Å². The first kappa shape index (κ1) is 23.1. The number of aryl methyl sites for hydroxylation is 2. The molecule has 1 aliphatic heterocycles. The smallest absolute Gasteiger partial charge is 0.238 e. The van der Waals surface area contributed by atoms with Crippen molar-refractivity contribution < 1.29 is 9.59 Å². The first-order valence-corrected chi connectivity index (χ1v) is 11.9. The highest BCUT2D eigenvalue weighted by molar-refractivity contribution is 8.15. The average Bonchev–Trinajstić information content (AvgIpc) is 2.80. The Morgan fingerprint density at radius 1 is 1.09 bits per heavy atom. The second-order valence-corrected chi connectivity index (χ2v) is 9.56. The second-order valence-electron chi connectivity index (χ2n) is 7.95. The lowest BCUT2D eigenvalue weighted by atomic mass is 10.1. The molecule has 1 saturated heterocycles. The topological polar surface area (TPSA) is 61.8 Å². The maximum atomic E-state index is 13.2. The van der Waals surface area contributed by atoms with Crippen LogP contribution >= 0.6 is 23.4 Å². The molecule has 1 heterocycles. The van der Waals surface area contributed by atoms with E-state index in [0.29, 0.717) is 22.4 Å². The maximum Gasteiger partial charge on any atom is 0.238 e. The Morgan fingerprint density at radius 2 is 1.82 bits per heavy atom. The molecular weight excluding hydrogens is 454 g/mol. The third kappa shape index (κ3) is 5.83. The van der Waals surface area contributed by atoms with Crippen LogP contribution in [-0.4, -0.2) is 27.1 Å². The summed E-state index contributed by atoms with van der Waals surface area (Å²) in [4.78, 5) is 32.6. The summed E-state index contributed by atoms with van der Waals surface area (Å²) < 4.78 is 0. The van der Waals surface area contributed by atoms with E-state index in [4.69, 9.17) is 16.6 Å². The zero-order valence-electron chi connectivity index (χ0n) is 18.4. The van der Waals surface area contributed by atoms with E-state index in [9.17, 15) is 9.59 Å².